The first kappa shape index (κ1) is 51.7. The van der Waals surface area contributed by atoms with Gasteiger partial charge in [0.15, 0.2) is 0 Å². The van der Waals surface area contributed by atoms with Crippen LogP contribution >= 0.6 is 136 Å². The van der Waals surface area contributed by atoms with Crippen LogP contribution in [0.15, 0.2) is 0 Å². The van der Waals surface area contributed by atoms with Crippen molar-refractivity contribution in [3.8, 4) is 0 Å². The molecule has 1 aliphatic heterocycles. The lowest BCUT2D eigenvalue weighted by Crippen LogP contribution is -2.55. The number of aliphatic hydroxyl groups excluding tert-OH is 8. The first-order chi connectivity index (χ1) is 27.3. The van der Waals surface area contributed by atoms with Crippen molar-refractivity contribution in [2.24, 2.45) is 0 Å². The van der Waals surface area contributed by atoms with Gasteiger partial charge < -0.3 is 62.1 Å². The molecule has 58 heavy (non-hydrogen) atoms. The Morgan fingerprint density at radius 2 is 0.655 bits per heavy atom. The Labute approximate surface area is 411 Å². The third kappa shape index (κ3) is 12.3. The van der Waals surface area contributed by atoms with Crippen molar-refractivity contribution in [2.75, 3.05) is 75.5 Å². The number of hydrogen-bond acceptors (Lipinski definition) is 14. The molecule has 6 amide bonds. The molecule has 0 aromatic heterocycles. The Kier molecular flexibility index (Phi) is 21.1. The average Bonchev–Trinajstić information content (AvgIpc) is 3.18. The molecule has 20 nitrogen and oxygen atoms in total. The lowest BCUT2D eigenvalue weighted by Gasteiger charge is -2.37. The number of rotatable bonds is 18. The van der Waals surface area contributed by atoms with Gasteiger partial charge in [0.2, 0.25) is 11.8 Å². The topological polar surface area (TPSA) is 319 Å². The van der Waals surface area contributed by atoms with Crippen LogP contribution in [0.2, 0.25) is 0 Å². The second-order valence-electron chi connectivity index (χ2n) is 12.2. The number of amides is 6. The summed E-state index contributed by atoms with van der Waals surface area (Å²) in [5, 5.41) is 86.4. The van der Waals surface area contributed by atoms with Gasteiger partial charge in [0.05, 0.1) is 98.8 Å². The van der Waals surface area contributed by atoms with Crippen LogP contribution in [-0.2, 0) is 9.59 Å². The number of aliphatic hydroxyl groups is 8. The van der Waals surface area contributed by atoms with Gasteiger partial charge in [-0.2, -0.15) is 0 Å². The number of halogens is 6. The minimum Gasteiger partial charge on any atom is -0.394 e. The van der Waals surface area contributed by atoms with Crippen LogP contribution in [0.4, 0.5) is 11.4 Å². The maximum atomic E-state index is 14.3. The quantitative estimate of drug-likeness (QED) is 0.0721. The Balaban J connectivity index is 2.22. The monoisotopic (exact) mass is 1490 g/mol. The second-order valence-corrected chi connectivity index (χ2v) is 18.7. The summed E-state index contributed by atoms with van der Waals surface area (Å²) in [7, 11) is 0. The van der Waals surface area contributed by atoms with E-state index in [1.807, 2.05) is 0 Å². The predicted octanol–water partition coefficient (Wildman–Crippen LogP) is -1.97. The third-order valence-corrected chi connectivity index (χ3v) is 14.4. The molecule has 0 spiro atoms. The number of hydrogen-bond donors (Lipinski definition) is 12. The fourth-order valence-corrected chi connectivity index (χ4v) is 14.5. The zero-order valence-electron chi connectivity index (χ0n) is 29.6. The Morgan fingerprint density at radius 1 is 0.448 bits per heavy atom. The maximum Gasteiger partial charge on any atom is 0.253 e. The molecule has 1 fully saturated rings. The summed E-state index contributed by atoms with van der Waals surface area (Å²) < 4.78 is 0.756. The number of carbonyl (C=O) groups is 6. The van der Waals surface area contributed by atoms with Crippen LogP contribution in [-0.4, -0.2) is 166 Å². The summed E-state index contributed by atoms with van der Waals surface area (Å²) in [5.41, 5.74) is -0.438. The van der Waals surface area contributed by atoms with Crippen LogP contribution in [0.25, 0.3) is 0 Å². The van der Waals surface area contributed by atoms with Gasteiger partial charge in [0.1, 0.15) is 13.1 Å². The number of benzene rings is 2. The molecule has 0 aliphatic carbocycles. The molecule has 0 saturated carbocycles. The standard InChI is InChI=1S/C32H36I6N6O14/c33-21-17(29(55)39-1-11(49)7-45)23(35)27(24(36)18(21)30(56)40-2-12(50)8-46)43-5-16(54)44(6-15(43)53)28-25(37)19(31(57)41-3-13(51)9-47)22(34)20(26(28)38)32(58)42-4-14(52)10-48/h11-14,45-52H,1-10H2,(H,39,55)(H,40,56)(H,41,57)(H,42,58). The maximum absolute atomic E-state index is 14.3. The lowest BCUT2D eigenvalue weighted by molar-refractivity contribution is -0.125. The summed E-state index contributed by atoms with van der Waals surface area (Å²) in [5.74, 6) is -4.62. The van der Waals surface area contributed by atoms with E-state index in [9.17, 15) is 69.6 Å². The van der Waals surface area contributed by atoms with Crippen molar-refractivity contribution in [3.63, 3.8) is 0 Å². The molecule has 4 atom stereocenters. The molecule has 12 N–H and O–H groups in total. The highest BCUT2D eigenvalue weighted by molar-refractivity contribution is 14.1. The number of nitrogens with one attached hydrogen (secondary N) is 4. The fourth-order valence-electron chi connectivity index (χ4n) is 5.05. The fraction of sp³-hybridized carbons (Fsp3) is 0.438. The molecule has 2 aromatic rings. The second kappa shape index (κ2) is 23.7. The van der Waals surface area contributed by atoms with E-state index >= 15 is 0 Å². The van der Waals surface area contributed by atoms with Crippen molar-refractivity contribution in [1.82, 2.24) is 21.3 Å². The largest absolute Gasteiger partial charge is 0.394 e. The van der Waals surface area contributed by atoms with E-state index < -0.39 is 99.4 Å². The molecule has 0 bridgehead atoms. The highest BCUT2D eigenvalue weighted by Crippen LogP contribution is 2.42. The normalized spacial score (nSPS) is 15.1. The van der Waals surface area contributed by atoms with Crippen LogP contribution < -0.4 is 31.1 Å². The first-order valence-corrected chi connectivity index (χ1v) is 23.0. The third-order valence-electron chi connectivity index (χ3n) is 8.06. The molecule has 1 aliphatic rings. The van der Waals surface area contributed by atoms with Gasteiger partial charge in [-0.25, -0.2) is 0 Å². The Morgan fingerprint density at radius 3 is 0.845 bits per heavy atom. The van der Waals surface area contributed by atoms with Gasteiger partial charge >= 0.3 is 0 Å². The summed E-state index contributed by atoms with van der Waals surface area (Å²) in [6, 6.07) is 0. The molecule has 0 radical (unpaired) electrons. The number of anilines is 2. The Bertz CT molecular complexity index is 1700. The van der Waals surface area contributed by atoms with E-state index in [0.717, 1.165) is 9.80 Å². The highest BCUT2D eigenvalue weighted by Gasteiger charge is 2.40. The van der Waals surface area contributed by atoms with Gasteiger partial charge in [0.25, 0.3) is 23.6 Å². The molecule has 3 rings (SSSR count). The average molecular weight is 1490 g/mol. The van der Waals surface area contributed by atoms with E-state index in [1.165, 1.54) is 0 Å². The van der Waals surface area contributed by atoms with E-state index in [1.54, 1.807) is 136 Å². The van der Waals surface area contributed by atoms with Gasteiger partial charge in [-0.05, 0) is 136 Å². The van der Waals surface area contributed by atoms with Gasteiger partial charge in [-0.3, -0.25) is 38.6 Å². The SMILES string of the molecule is O=C(NCC(O)CO)c1c(I)c(C(=O)NCC(O)CO)c(I)c(N2CC(=O)N(c3c(I)c(C(=O)NCC(O)CO)c(I)c(C(=O)NCC(O)CO)c3I)CC2=O)c1I. The molecule has 1 saturated heterocycles. The first-order valence-electron chi connectivity index (χ1n) is 16.6. The molecule has 2 aromatic carbocycles. The Hall–Kier alpha value is -0.680. The molecule has 1 heterocycles. The number of carbonyl (C=O) groups excluding carboxylic acids is 6. The molecular weight excluding hydrogens is 1450 g/mol. The van der Waals surface area contributed by atoms with E-state index in [2.05, 4.69) is 21.3 Å². The highest BCUT2D eigenvalue weighted by atomic mass is 127. The molecule has 320 valence electrons. The van der Waals surface area contributed by atoms with E-state index in [0.29, 0.717) is 0 Å². The van der Waals surface area contributed by atoms with Gasteiger partial charge in [-0.1, -0.05) is 0 Å². The number of piperazine rings is 1. The van der Waals surface area contributed by atoms with Crippen LogP contribution in [0.3, 0.4) is 0 Å². The van der Waals surface area contributed by atoms with Gasteiger partial charge in [-0.15, -0.1) is 0 Å². The van der Waals surface area contributed by atoms with Crippen molar-refractivity contribution in [3.05, 3.63) is 43.7 Å². The van der Waals surface area contributed by atoms with Crippen LogP contribution in [0, 0.1) is 21.4 Å². The van der Waals surface area contributed by atoms with Crippen molar-refractivity contribution in [2.45, 2.75) is 24.4 Å². The van der Waals surface area contributed by atoms with Crippen molar-refractivity contribution < 1.29 is 69.6 Å². The van der Waals surface area contributed by atoms with Crippen molar-refractivity contribution >= 4 is 182 Å². The zero-order chi connectivity index (χ0) is 43.8. The smallest absolute Gasteiger partial charge is 0.253 e. The number of nitrogens with zero attached hydrogens (tertiary/aromatic N) is 2. The predicted molar refractivity (Wildman–Crippen MR) is 256 cm³/mol. The van der Waals surface area contributed by atoms with Crippen LogP contribution in [0.5, 0.6) is 0 Å². The summed E-state index contributed by atoms with van der Waals surface area (Å²) >= 11 is 10.7. The summed E-state index contributed by atoms with van der Waals surface area (Å²) in [6.45, 7) is -5.49. The molecule has 26 heteroatoms. The molecular formula is C32H36I6N6O14. The molecule has 4 unspecified atom stereocenters. The summed E-state index contributed by atoms with van der Waals surface area (Å²) in [6.07, 6.45) is -5.27. The van der Waals surface area contributed by atoms with E-state index in [-0.39, 0.29) is 81.2 Å². The van der Waals surface area contributed by atoms with E-state index in [4.69, 9.17) is 0 Å². The lowest BCUT2D eigenvalue weighted by atomic mass is 10.0. The van der Waals surface area contributed by atoms with Crippen LogP contribution in [0.1, 0.15) is 41.4 Å². The zero-order valence-corrected chi connectivity index (χ0v) is 42.5. The minimum atomic E-state index is -1.32. The minimum absolute atomic E-state index is 0.00245. The summed E-state index contributed by atoms with van der Waals surface area (Å²) in [4.78, 5) is 85.0. The van der Waals surface area contributed by atoms with Crippen molar-refractivity contribution in [1.29, 1.82) is 0 Å². The van der Waals surface area contributed by atoms with Gasteiger partial charge in [0, 0.05) is 33.3 Å².